The lowest BCUT2D eigenvalue weighted by atomic mass is 10.1. The van der Waals surface area contributed by atoms with Crippen molar-refractivity contribution in [2.24, 2.45) is 0 Å². The normalized spacial score (nSPS) is 12.5. The van der Waals surface area contributed by atoms with Crippen molar-refractivity contribution in [3.05, 3.63) is 72.9 Å². The zero-order chi connectivity index (χ0) is 21.4. The second kappa shape index (κ2) is 7.71. The number of benzene rings is 2. The van der Waals surface area contributed by atoms with Crippen LogP contribution < -0.4 is 10.0 Å². The van der Waals surface area contributed by atoms with E-state index in [1.807, 2.05) is 22.9 Å². The standard InChI is InChI=1S/C21H18N6O2S2/c1-31(28,29)26-16-5-3-15(4-6-16)18-12-27(13-24-18)11-14-2-7-19-17(10-14)25-20-21(30-19)23-9-8-22-20/h2-10,12-13,26H,11H2,1H3,(H,22,25). The first kappa shape index (κ1) is 19.6. The van der Waals surface area contributed by atoms with E-state index in [1.54, 1.807) is 42.6 Å². The molecular weight excluding hydrogens is 432 g/mol. The summed E-state index contributed by atoms with van der Waals surface area (Å²) in [5.74, 6) is 0.774. The molecule has 8 nitrogen and oxygen atoms in total. The molecule has 2 N–H and O–H groups in total. The summed E-state index contributed by atoms with van der Waals surface area (Å²) in [5.41, 5.74) is 4.41. The second-order valence-corrected chi connectivity index (χ2v) is 9.93. The summed E-state index contributed by atoms with van der Waals surface area (Å²) in [7, 11) is -3.29. The molecule has 2 aromatic heterocycles. The third-order valence-electron chi connectivity index (χ3n) is 4.65. The van der Waals surface area contributed by atoms with Crippen LogP contribution in [0.25, 0.3) is 11.3 Å². The van der Waals surface area contributed by atoms with Gasteiger partial charge in [-0.25, -0.2) is 23.4 Å². The lowest BCUT2D eigenvalue weighted by Crippen LogP contribution is -2.09. The molecule has 2 aromatic carbocycles. The van der Waals surface area contributed by atoms with Gasteiger partial charge in [-0.3, -0.25) is 4.72 Å². The first-order chi connectivity index (χ1) is 14.9. The van der Waals surface area contributed by atoms with Crippen molar-refractivity contribution in [1.29, 1.82) is 0 Å². The molecule has 0 fully saturated rings. The van der Waals surface area contributed by atoms with Gasteiger partial charge in [0.2, 0.25) is 10.0 Å². The minimum Gasteiger partial charge on any atom is -0.337 e. The Morgan fingerprint density at radius 3 is 2.68 bits per heavy atom. The molecule has 0 radical (unpaired) electrons. The van der Waals surface area contributed by atoms with Gasteiger partial charge >= 0.3 is 0 Å². The molecule has 4 aromatic rings. The van der Waals surface area contributed by atoms with Crippen LogP contribution in [-0.4, -0.2) is 34.2 Å². The Hall–Kier alpha value is -3.37. The molecule has 0 atom stereocenters. The van der Waals surface area contributed by atoms with Crippen molar-refractivity contribution < 1.29 is 8.42 Å². The van der Waals surface area contributed by atoms with Gasteiger partial charge in [-0.1, -0.05) is 30.0 Å². The molecule has 0 saturated heterocycles. The number of hydrogen-bond donors (Lipinski definition) is 2. The Labute approximate surface area is 183 Å². The van der Waals surface area contributed by atoms with Crippen LogP contribution in [0.4, 0.5) is 17.2 Å². The zero-order valence-electron chi connectivity index (χ0n) is 16.5. The van der Waals surface area contributed by atoms with Crippen molar-refractivity contribution in [3.63, 3.8) is 0 Å². The van der Waals surface area contributed by atoms with Crippen molar-refractivity contribution in [2.45, 2.75) is 16.5 Å². The zero-order valence-corrected chi connectivity index (χ0v) is 18.1. The van der Waals surface area contributed by atoms with E-state index in [9.17, 15) is 8.42 Å². The average molecular weight is 451 g/mol. The molecule has 0 saturated carbocycles. The fraction of sp³-hybridized carbons (Fsp3) is 0.0952. The maximum absolute atomic E-state index is 11.3. The fourth-order valence-corrected chi connectivity index (χ4v) is 4.75. The smallest absolute Gasteiger partial charge is 0.229 e. The van der Waals surface area contributed by atoms with Crippen LogP contribution in [-0.2, 0) is 16.6 Å². The molecule has 0 aliphatic carbocycles. The van der Waals surface area contributed by atoms with E-state index in [-0.39, 0.29) is 0 Å². The Morgan fingerprint density at radius 2 is 1.87 bits per heavy atom. The summed E-state index contributed by atoms with van der Waals surface area (Å²) in [6.07, 6.45) is 8.27. The number of anilines is 3. The van der Waals surface area contributed by atoms with Gasteiger partial charge in [-0.05, 0) is 29.8 Å². The van der Waals surface area contributed by atoms with E-state index in [0.29, 0.717) is 12.2 Å². The van der Waals surface area contributed by atoms with Crippen LogP contribution >= 0.6 is 11.8 Å². The van der Waals surface area contributed by atoms with Gasteiger partial charge in [-0.15, -0.1) is 0 Å². The summed E-state index contributed by atoms with van der Waals surface area (Å²) in [6.45, 7) is 0.674. The molecule has 31 heavy (non-hydrogen) atoms. The number of sulfonamides is 1. The van der Waals surface area contributed by atoms with E-state index in [1.165, 1.54) is 0 Å². The molecule has 0 unspecified atom stereocenters. The number of nitrogens with zero attached hydrogens (tertiary/aromatic N) is 4. The Balaban J connectivity index is 1.31. The van der Waals surface area contributed by atoms with Crippen LogP contribution in [0.1, 0.15) is 5.56 Å². The Kier molecular flexibility index (Phi) is 4.87. The van der Waals surface area contributed by atoms with Crippen LogP contribution in [0.3, 0.4) is 0 Å². The van der Waals surface area contributed by atoms with Crippen LogP contribution in [0, 0.1) is 0 Å². The Bertz CT molecular complexity index is 1370. The highest BCUT2D eigenvalue weighted by Crippen LogP contribution is 2.42. The SMILES string of the molecule is CS(=O)(=O)Nc1ccc(-c2cn(Cc3ccc4c(c3)Nc3nccnc3S4)cn2)cc1. The summed E-state index contributed by atoms with van der Waals surface area (Å²) >= 11 is 1.61. The lowest BCUT2D eigenvalue weighted by Gasteiger charge is -2.19. The topological polar surface area (TPSA) is 102 Å². The number of aromatic nitrogens is 4. The van der Waals surface area contributed by atoms with Crippen molar-refractivity contribution in [2.75, 3.05) is 16.3 Å². The highest BCUT2D eigenvalue weighted by molar-refractivity contribution is 7.99. The fourth-order valence-electron chi connectivity index (χ4n) is 3.31. The summed E-state index contributed by atoms with van der Waals surface area (Å²) in [4.78, 5) is 14.3. The van der Waals surface area contributed by atoms with Crippen molar-refractivity contribution in [1.82, 2.24) is 19.5 Å². The summed E-state index contributed by atoms with van der Waals surface area (Å²) in [5, 5.41) is 4.23. The van der Waals surface area contributed by atoms with Gasteiger partial charge in [0, 0.05) is 41.3 Å². The monoisotopic (exact) mass is 450 g/mol. The number of imidazole rings is 1. The van der Waals surface area contributed by atoms with Crippen molar-refractivity contribution >= 4 is 39.0 Å². The predicted molar refractivity (Wildman–Crippen MR) is 121 cm³/mol. The second-order valence-electron chi connectivity index (χ2n) is 7.15. The minimum absolute atomic E-state index is 0.524. The highest BCUT2D eigenvalue weighted by Gasteiger charge is 2.17. The largest absolute Gasteiger partial charge is 0.337 e. The number of hydrogen-bond acceptors (Lipinski definition) is 7. The van der Waals surface area contributed by atoms with Gasteiger partial charge in [0.05, 0.1) is 24.0 Å². The molecule has 5 rings (SSSR count). The quantitative estimate of drug-likeness (QED) is 0.418. The molecular formula is C21H18N6O2S2. The third-order valence-corrected chi connectivity index (χ3v) is 6.33. The number of rotatable bonds is 5. The van der Waals surface area contributed by atoms with Gasteiger partial charge in [0.1, 0.15) is 5.03 Å². The van der Waals surface area contributed by atoms with Crippen LogP contribution in [0.5, 0.6) is 0 Å². The average Bonchev–Trinajstić information content (AvgIpc) is 3.20. The van der Waals surface area contributed by atoms with Crippen molar-refractivity contribution in [3.8, 4) is 11.3 Å². The molecule has 0 amide bonds. The minimum atomic E-state index is -3.29. The van der Waals surface area contributed by atoms with E-state index in [4.69, 9.17) is 0 Å². The van der Waals surface area contributed by atoms with E-state index < -0.39 is 10.0 Å². The van der Waals surface area contributed by atoms with Gasteiger partial charge in [0.15, 0.2) is 5.82 Å². The first-order valence-corrected chi connectivity index (χ1v) is 12.1. The highest BCUT2D eigenvalue weighted by atomic mass is 32.2. The maximum Gasteiger partial charge on any atom is 0.229 e. The van der Waals surface area contributed by atoms with E-state index in [0.717, 1.165) is 44.5 Å². The third kappa shape index (κ3) is 4.39. The number of nitrogens with one attached hydrogen (secondary N) is 2. The molecule has 0 spiro atoms. The van der Waals surface area contributed by atoms with Crippen LogP contribution in [0.2, 0.25) is 0 Å². The van der Waals surface area contributed by atoms with Crippen LogP contribution in [0.15, 0.2) is 77.3 Å². The molecule has 1 aliphatic heterocycles. The van der Waals surface area contributed by atoms with Gasteiger partial charge in [0.25, 0.3) is 0 Å². The number of fused-ring (bicyclic) bond motifs is 2. The molecule has 0 bridgehead atoms. The molecule has 3 heterocycles. The van der Waals surface area contributed by atoms with E-state index >= 15 is 0 Å². The first-order valence-electron chi connectivity index (χ1n) is 9.42. The predicted octanol–water partition coefficient (Wildman–Crippen LogP) is 3.97. The Morgan fingerprint density at radius 1 is 1.06 bits per heavy atom. The molecule has 1 aliphatic rings. The molecule has 10 heteroatoms. The van der Waals surface area contributed by atoms with E-state index in [2.05, 4.69) is 43.2 Å². The molecule has 156 valence electrons. The maximum atomic E-state index is 11.3. The summed E-state index contributed by atoms with van der Waals surface area (Å²) in [6, 6.07) is 13.4. The summed E-state index contributed by atoms with van der Waals surface area (Å²) < 4.78 is 27.2. The van der Waals surface area contributed by atoms with Gasteiger partial charge in [-0.2, -0.15) is 0 Å². The lowest BCUT2D eigenvalue weighted by molar-refractivity contribution is 0.607. The van der Waals surface area contributed by atoms with Gasteiger partial charge < -0.3 is 9.88 Å².